The molecule has 5 aromatic rings. The zero-order chi connectivity index (χ0) is 35.1. The number of aliphatic hydroxyl groups is 2. The van der Waals surface area contributed by atoms with Crippen molar-refractivity contribution in [2.75, 3.05) is 25.5 Å². The van der Waals surface area contributed by atoms with Crippen LogP contribution in [-0.4, -0.2) is 79.9 Å². The highest BCUT2D eigenvalue weighted by Gasteiger charge is 2.45. The Balaban J connectivity index is 0.935. The maximum atomic E-state index is 13.4. The summed E-state index contributed by atoms with van der Waals surface area (Å²) in [6.07, 6.45) is 3.69. The number of aliphatic hydroxyl groups excluding tert-OH is 1. The number of phenolic OH excluding ortho intramolecular Hbond substituents is 1. The van der Waals surface area contributed by atoms with Gasteiger partial charge in [-0.15, -0.1) is 27.8 Å². The SMILES string of the molecule is CN(CCCn1nnc2cc(CNC[C@H](O)c3ccc(O)c(NC=O)c3)ccc21)C1CCC(OC(=O)C(O)(c2cccs2)c2cccs2)CC1. The first-order valence-corrected chi connectivity index (χ1v) is 18.5. The van der Waals surface area contributed by atoms with Crippen LogP contribution in [0.4, 0.5) is 5.69 Å². The largest absolute Gasteiger partial charge is 0.506 e. The van der Waals surface area contributed by atoms with Crippen LogP contribution in [0.1, 0.15) is 59.1 Å². The zero-order valence-electron chi connectivity index (χ0n) is 27.8. The first kappa shape index (κ1) is 35.6. The number of nitrogens with one attached hydrogen (secondary N) is 2. The van der Waals surface area contributed by atoms with Crippen LogP contribution in [0.5, 0.6) is 5.75 Å². The molecular formula is C36H42N6O6S2. The number of rotatable bonds is 16. The van der Waals surface area contributed by atoms with Crippen LogP contribution >= 0.6 is 22.7 Å². The van der Waals surface area contributed by atoms with Gasteiger partial charge in [-0.3, -0.25) is 4.79 Å². The fourth-order valence-electron chi connectivity index (χ4n) is 6.49. The molecule has 0 aliphatic heterocycles. The Bertz CT molecular complexity index is 1820. The van der Waals surface area contributed by atoms with E-state index in [1.807, 2.05) is 45.8 Å². The molecule has 0 radical (unpaired) electrons. The molecule has 3 heterocycles. The van der Waals surface area contributed by atoms with Crippen LogP contribution in [-0.2, 0) is 33.0 Å². The van der Waals surface area contributed by atoms with E-state index in [2.05, 4.69) is 32.9 Å². The summed E-state index contributed by atoms with van der Waals surface area (Å²) in [6, 6.07) is 18.2. The highest BCUT2D eigenvalue weighted by atomic mass is 32.1. The van der Waals surface area contributed by atoms with E-state index in [0.717, 1.165) is 61.8 Å². The molecule has 6 rings (SSSR count). The molecular weight excluding hydrogens is 677 g/mol. The molecule has 0 saturated heterocycles. The van der Waals surface area contributed by atoms with Crippen LogP contribution in [0.2, 0.25) is 0 Å². The third-order valence-corrected chi connectivity index (χ3v) is 11.3. The Labute approximate surface area is 298 Å². The lowest BCUT2D eigenvalue weighted by atomic mass is 9.91. The van der Waals surface area contributed by atoms with E-state index in [9.17, 15) is 24.9 Å². The summed E-state index contributed by atoms with van der Waals surface area (Å²) in [4.78, 5) is 27.6. The molecule has 1 amide bonds. The van der Waals surface area contributed by atoms with E-state index in [1.165, 1.54) is 28.7 Å². The van der Waals surface area contributed by atoms with Crippen molar-refractivity contribution in [1.29, 1.82) is 0 Å². The Morgan fingerprint density at radius 1 is 1.10 bits per heavy atom. The van der Waals surface area contributed by atoms with Crippen LogP contribution in [0.3, 0.4) is 0 Å². The smallest absolute Gasteiger partial charge is 0.349 e. The number of hydrogen-bond acceptors (Lipinski definition) is 12. The minimum atomic E-state index is -1.78. The third-order valence-electron chi connectivity index (χ3n) is 9.34. The van der Waals surface area contributed by atoms with Gasteiger partial charge < -0.3 is 35.6 Å². The quantitative estimate of drug-likeness (QED) is 0.0547. The highest BCUT2D eigenvalue weighted by molar-refractivity contribution is 7.12. The molecule has 50 heavy (non-hydrogen) atoms. The number of phenols is 1. The lowest BCUT2D eigenvalue weighted by molar-refractivity contribution is -0.169. The Hall–Kier alpha value is -4.18. The summed E-state index contributed by atoms with van der Waals surface area (Å²) in [6.45, 7) is 2.43. The van der Waals surface area contributed by atoms with Gasteiger partial charge in [0.1, 0.15) is 17.4 Å². The Morgan fingerprint density at radius 3 is 2.52 bits per heavy atom. The number of nitrogens with zero attached hydrogens (tertiary/aromatic N) is 4. The summed E-state index contributed by atoms with van der Waals surface area (Å²) in [5.74, 6) is -0.666. The maximum absolute atomic E-state index is 13.4. The number of hydrogen-bond donors (Lipinski definition) is 5. The number of carbonyl (C=O) groups is 2. The van der Waals surface area contributed by atoms with Crippen LogP contribution < -0.4 is 10.6 Å². The summed E-state index contributed by atoms with van der Waals surface area (Å²) in [5, 5.41) is 50.1. The minimum Gasteiger partial charge on any atom is -0.506 e. The van der Waals surface area contributed by atoms with E-state index in [0.29, 0.717) is 34.3 Å². The van der Waals surface area contributed by atoms with Gasteiger partial charge in [-0.05, 0) is 104 Å². The first-order valence-electron chi connectivity index (χ1n) is 16.7. The van der Waals surface area contributed by atoms with Crippen molar-refractivity contribution in [2.24, 2.45) is 0 Å². The minimum absolute atomic E-state index is 0.0652. The van der Waals surface area contributed by atoms with E-state index in [1.54, 1.807) is 24.3 Å². The first-order chi connectivity index (χ1) is 24.3. The molecule has 264 valence electrons. The normalized spacial score (nSPS) is 17.2. The predicted octanol–water partition coefficient (Wildman–Crippen LogP) is 4.76. The molecule has 1 aliphatic carbocycles. The summed E-state index contributed by atoms with van der Waals surface area (Å²) in [5.41, 5.74) is 1.82. The van der Waals surface area contributed by atoms with Crippen molar-refractivity contribution >= 4 is 51.8 Å². The fourth-order valence-corrected chi connectivity index (χ4v) is 8.20. The van der Waals surface area contributed by atoms with E-state index >= 15 is 0 Å². The Kier molecular flexibility index (Phi) is 11.6. The summed E-state index contributed by atoms with van der Waals surface area (Å²) in [7, 11) is 2.14. The second-order valence-electron chi connectivity index (χ2n) is 12.7. The van der Waals surface area contributed by atoms with E-state index in [4.69, 9.17) is 4.74 Å². The number of fused-ring (bicyclic) bond motifs is 1. The monoisotopic (exact) mass is 718 g/mol. The highest BCUT2D eigenvalue weighted by Crippen LogP contribution is 2.38. The number of ether oxygens (including phenoxy) is 1. The van der Waals surface area contributed by atoms with Crippen molar-refractivity contribution in [3.63, 3.8) is 0 Å². The summed E-state index contributed by atoms with van der Waals surface area (Å²) < 4.78 is 7.86. The number of esters is 1. The number of benzene rings is 2. The van der Waals surface area contributed by atoms with Gasteiger partial charge in [-0.2, -0.15) is 0 Å². The third kappa shape index (κ3) is 8.06. The molecule has 1 atom stereocenters. The number of thiophene rings is 2. The van der Waals surface area contributed by atoms with E-state index in [-0.39, 0.29) is 24.1 Å². The van der Waals surface area contributed by atoms with Crippen molar-refractivity contribution in [3.8, 4) is 5.75 Å². The van der Waals surface area contributed by atoms with Crippen molar-refractivity contribution < 1.29 is 29.6 Å². The molecule has 1 saturated carbocycles. The second-order valence-corrected chi connectivity index (χ2v) is 14.6. The lowest BCUT2D eigenvalue weighted by Crippen LogP contribution is -2.42. The number of carbonyl (C=O) groups excluding carboxylic acids is 2. The molecule has 3 aromatic heterocycles. The number of aromatic hydroxyl groups is 1. The van der Waals surface area contributed by atoms with Crippen LogP contribution in [0.15, 0.2) is 71.4 Å². The maximum Gasteiger partial charge on any atom is 0.349 e. The number of anilines is 1. The van der Waals surface area contributed by atoms with E-state index < -0.39 is 17.7 Å². The van der Waals surface area contributed by atoms with Crippen LogP contribution in [0, 0.1) is 0 Å². The van der Waals surface area contributed by atoms with Gasteiger partial charge in [-0.1, -0.05) is 29.5 Å². The fraction of sp³-hybridized carbons (Fsp3) is 0.389. The number of aromatic nitrogens is 3. The molecule has 12 nitrogen and oxygen atoms in total. The van der Waals surface area contributed by atoms with Gasteiger partial charge in [-0.25, -0.2) is 9.48 Å². The molecule has 0 spiro atoms. The van der Waals surface area contributed by atoms with Gasteiger partial charge in [0.2, 0.25) is 12.0 Å². The molecule has 1 fully saturated rings. The van der Waals surface area contributed by atoms with Gasteiger partial charge in [0, 0.05) is 25.7 Å². The average molecular weight is 719 g/mol. The molecule has 0 unspecified atom stereocenters. The number of amides is 1. The predicted molar refractivity (Wildman–Crippen MR) is 193 cm³/mol. The second kappa shape index (κ2) is 16.2. The summed E-state index contributed by atoms with van der Waals surface area (Å²) >= 11 is 2.70. The van der Waals surface area contributed by atoms with Crippen molar-refractivity contribution in [2.45, 2.75) is 69.0 Å². The van der Waals surface area contributed by atoms with Crippen LogP contribution in [0.25, 0.3) is 11.0 Å². The van der Waals surface area contributed by atoms with Gasteiger partial charge >= 0.3 is 5.97 Å². The molecule has 14 heteroatoms. The average Bonchev–Trinajstić information content (AvgIpc) is 3.93. The van der Waals surface area contributed by atoms with Gasteiger partial charge in [0.25, 0.3) is 0 Å². The van der Waals surface area contributed by atoms with Gasteiger partial charge in [0.15, 0.2) is 0 Å². The standard InChI is InChI=1S/C36H42N6O6S2/c1-41(26-9-11-27(12-10-26)48-35(46)36(47,33-5-2-17-49-33)34-6-3-18-50-34)15-4-16-42-30-13-7-24(19-28(30)39-40-42)21-37-22-32(45)25-8-14-31(44)29(20-25)38-23-43/h2-3,5-8,13-14,17-20,23,26-27,32,37,44-45,47H,4,9-12,15-16,21-22H2,1H3,(H,38,43)/t26?,27?,32-/m0/s1. The molecule has 0 bridgehead atoms. The molecule has 1 aliphatic rings. The topological polar surface area (TPSA) is 162 Å². The zero-order valence-corrected chi connectivity index (χ0v) is 29.4. The molecule has 2 aromatic carbocycles. The number of aryl methyl sites for hydroxylation is 1. The van der Waals surface area contributed by atoms with Crippen molar-refractivity contribution in [3.05, 3.63) is 92.3 Å². The lowest BCUT2D eigenvalue weighted by Gasteiger charge is -2.35. The Morgan fingerprint density at radius 2 is 1.84 bits per heavy atom. The van der Waals surface area contributed by atoms with Crippen molar-refractivity contribution in [1.82, 2.24) is 25.2 Å². The molecule has 5 N–H and O–H groups in total. The van der Waals surface area contributed by atoms with Gasteiger partial charge in [0.05, 0.1) is 27.1 Å².